The van der Waals surface area contributed by atoms with Gasteiger partial charge in [0.2, 0.25) is 0 Å². The summed E-state index contributed by atoms with van der Waals surface area (Å²) in [5.41, 5.74) is 0.615. The van der Waals surface area contributed by atoms with Crippen molar-refractivity contribution in [2.24, 2.45) is 23.2 Å². The van der Waals surface area contributed by atoms with Gasteiger partial charge in [-0.3, -0.25) is 9.59 Å². The van der Waals surface area contributed by atoms with Crippen molar-refractivity contribution in [3.8, 4) is 0 Å². The van der Waals surface area contributed by atoms with E-state index in [1.54, 1.807) is 26.8 Å². The average Bonchev–Trinajstić information content (AvgIpc) is 2.57. The lowest BCUT2D eigenvalue weighted by Crippen LogP contribution is -2.48. The average molecular weight is 348 g/mol. The molecule has 5 heteroatoms. The molecule has 0 aromatic heterocycles. The fraction of sp³-hybridized carbons (Fsp3) is 0.650. The van der Waals surface area contributed by atoms with Crippen molar-refractivity contribution < 1.29 is 24.2 Å². The van der Waals surface area contributed by atoms with E-state index in [-0.39, 0.29) is 35.1 Å². The molecule has 0 aromatic carbocycles. The maximum atomic E-state index is 12.4. The third-order valence-corrected chi connectivity index (χ3v) is 6.29. The maximum absolute atomic E-state index is 12.4. The van der Waals surface area contributed by atoms with Crippen LogP contribution in [0.1, 0.15) is 53.9 Å². The monoisotopic (exact) mass is 348 g/mol. The van der Waals surface area contributed by atoms with E-state index in [0.717, 1.165) is 12.8 Å². The molecule has 25 heavy (non-hydrogen) atoms. The molecule has 1 fully saturated rings. The molecule has 2 aliphatic rings. The Balaban J connectivity index is 2.31. The van der Waals surface area contributed by atoms with Crippen LogP contribution in [0.2, 0.25) is 0 Å². The summed E-state index contributed by atoms with van der Waals surface area (Å²) in [6.07, 6.45) is 5.26. The molecule has 0 bridgehead atoms. The van der Waals surface area contributed by atoms with E-state index in [1.807, 2.05) is 13.0 Å². The Morgan fingerprint density at radius 1 is 1.40 bits per heavy atom. The highest BCUT2D eigenvalue weighted by Crippen LogP contribution is 2.52. The van der Waals surface area contributed by atoms with Gasteiger partial charge in [-0.1, -0.05) is 26.0 Å². The van der Waals surface area contributed by atoms with Gasteiger partial charge in [0, 0.05) is 23.5 Å². The van der Waals surface area contributed by atoms with Crippen molar-refractivity contribution in [1.82, 2.24) is 0 Å². The van der Waals surface area contributed by atoms with Crippen molar-refractivity contribution in [3.05, 3.63) is 23.3 Å². The number of ether oxygens (including phenoxy) is 1. The van der Waals surface area contributed by atoms with Gasteiger partial charge in [0.25, 0.3) is 0 Å². The van der Waals surface area contributed by atoms with Crippen LogP contribution in [0.3, 0.4) is 0 Å². The van der Waals surface area contributed by atoms with Crippen LogP contribution in [-0.4, -0.2) is 28.9 Å². The highest BCUT2D eigenvalue weighted by atomic mass is 16.5. The summed E-state index contributed by atoms with van der Waals surface area (Å²) in [6.45, 7) is 9.17. The van der Waals surface area contributed by atoms with Gasteiger partial charge in [0.05, 0.1) is 5.92 Å². The van der Waals surface area contributed by atoms with E-state index in [1.165, 1.54) is 0 Å². The van der Waals surface area contributed by atoms with Gasteiger partial charge in [-0.25, -0.2) is 4.79 Å². The molecule has 0 aromatic rings. The summed E-state index contributed by atoms with van der Waals surface area (Å²) in [6, 6.07) is 0. The highest BCUT2D eigenvalue weighted by molar-refractivity contribution is 6.01. The SMILES string of the molecule is C/C=C(/C)C(=O)O[C@H]1CC[C@@H]2CC(=O)C(C(C)C(=O)O)=C[C@]2(C)[C@H]1C. The van der Waals surface area contributed by atoms with Gasteiger partial charge >= 0.3 is 11.9 Å². The normalized spacial score (nSPS) is 34.0. The Kier molecular flexibility index (Phi) is 5.55. The zero-order valence-electron chi connectivity index (χ0n) is 15.7. The summed E-state index contributed by atoms with van der Waals surface area (Å²) in [5.74, 6) is -2.00. The largest absolute Gasteiger partial charge is 0.481 e. The molecular weight excluding hydrogens is 320 g/mol. The molecule has 0 saturated heterocycles. The second-order valence-corrected chi connectivity index (χ2v) is 7.63. The fourth-order valence-electron chi connectivity index (χ4n) is 4.04. The third kappa shape index (κ3) is 3.55. The van der Waals surface area contributed by atoms with E-state index in [4.69, 9.17) is 4.74 Å². The lowest BCUT2D eigenvalue weighted by molar-refractivity contribution is -0.154. The molecule has 0 spiro atoms. The molecule has 0 radical (unpaired) electrons. The molecule has 2 rings (SSSR count). The first-order chi connectivity index (χ1) is 11.6. The highest BCUT2D eigenvalue weighted by Gasteiger charge is 2.50. The van der Waals surface area contributed by atoms with Crippen LogP contribution in [0, 0.1) is 23.2 Å². The molecule has 1 N–H and O–H groups in total. The quantitative estimate of drug-likeness (QED) is 0.621. The predicted molar refractivity (Wildman–Crippen MR) is 93.8 cm³/mol. The summed E-state index contributed by atoms with van der Waals surface area (Å²) in [4.78, 5) is 35.9. The zero-order valence-corrected chi connectivity index (χ0v) is 15.7. The van der Waals surface area contributed by atoms with Crippen molar-refractivity contribution >= 4 is 17.7 Å². The van der Waals surface area contributed by atoms with Gasteiger partial charge in [-0.15, -0.1) is 0 Å². The van der Waals surface area contributed by atoms with Gasteiger partial charge in [-0.05, 0) is 44.9 Å². The van der Waals surface area contributed by atoms with Gasteiger partial charge in [-0.2, -0.15) is 0 Å². The molecule has 138 valence electrons. The zero-order chi connectivity index (χ0) is 18.9. The van der Waals surface area contributed by atoms with Crippen molar-refractivity contribution in [2.45, 2.75) is 60.0 Å². The lowest BCUT2D eigenvalue weighted by atomic mass is 9.56. The van der Waals surface area contributed by atoms with Crippen LogP contribution in [0.25, 0.3) is 0 Å². The predicted octanol–water partition coefficient (Wildman–Crippen LogP) is 3.54. The molecule has 2 aliphatic carbocycles. The van der Waals surface area contributed by atoms with E-state index in [9.17, 15) is 19.5 Å². The molecule has 1 unspecified atom stereocenters. The number of fused-ring (bicyclic) bond motifs is 1. The molecule has 1 saturated carbocycles. The minimum Gasteiger partial charge on any atom is -0.481 e. The minimum absolute atomic E-state index is 0.0175. The number of carboxylic acid groups (broad SMARTS) is 1. The van der Waals surface area contributed by atoms with Crippen LogP contribution in [0.4, 0.5) is 0 Å². The number of ketones is 1. The molecular formula is C20H28O5. The number of carboxylic acids is 1. The van der Waals surface area contributed by atoms with E-state index < -0.39 is 11.9 Å². The van der Waals surface area contributed by atoms with Crippen molar-refractivity contribution in [1.29, 1.82) is 0 Å². The van der Waals surface area contributed by atoms with Crippen LogP contribution in [0.5, 0.6) is 0 Å². The van der Waals surface area contributed by atoms with Gasteiger partial charge in [0.15, 0.2) is 5.78 Å². The molecule has 0 aliphatic heterocycles. The third-order valence-electron chi connectivity index (χ3n) is 6.29. The molecule has 0 heterocycles. The first-order valence-electron chi connectivity index (χ1n) is 8.94. The topological polar surface area (TPSA) is 80.7 Å². The number of carbonyl (C=O) groups is 3. The Hall–Kier alpha value is -1.91. The van der Waals surface area contributed by atoms with Gasteiger partial charge in [0.1, 0.15) is 6.10 Å². The number of hydrogen-bond donors (Lipinski definition) is 1. The standard InChI is InChI=1S/C20H28O5/c1-6-11(2)19(24)25-17-8-7-14-9-16(21)15(12(3)18(22)23)10-20(14,5)13(17)4/h6,10,12-14,17H,7-9H2,1-5H3,(H,22,23)/b11-6-/t12?,13-,14+,17-,20+/m0/s1. The molecule has 5 nitrogen and oxygen atoms in total. The summed E-state index contributed by atoms with van der Waals surface area (Å²) in [5, 5.41) is 9.29. The van der Waals surface area contributed by atoms with E-state index in [0.29, 0.717) is 17.6 Å². The lowest BCUT2D eigenvalue weighted by Gasteiger charge is -2.50. The van der Waals surface area contributed by atoms with Crippen molar-refractivity contribution in [2.75, 3.05) is 0 Å². The second-order valence-electron chi connectivity index (χ2n) is 7.63. The Morgan fingerprint density at radius 3 is 2.60 bits per heavy atom. The smallest absolute Gasteiger partial charge is 0.333 e. The van der Waals surface area contributed by atoms with Crippen LogP contribution < -0.4 is 0 Å². The first-order valence-corrected chi connectivity index (χ1v) is 8.94. The maximum Gasteiger partial charge on any atom is 0.333 e. The van der Waals surface area contributed by atoms with E-state index in [2.05, 4.69) is 6.92 Å². The molecule has 0 amide bonds. The van der Waals surface area contributed by atoms with Crippen molar-refractivity contribution in [3.63, 3.8) is 0 Å². The first kappa shape index (κ1) is 19.4. The minimum atomic E-state index is -0.989. The Morgan fingerprint density at radius 2 is 2.04 bits per heavy atom. The summed E-state index contributed by atoms with van der Waals surface area (Å²) >= 11 is 0. The van der Waals surface area contributed by atoms with Gasteiger partial charge < -0.3 is 9.84 Å². The number of allylic oxidation sites excluding steroid dienone is 2. The number of carbonyl (C=O) groups excluding carboxylic acids is 2. The molecule has 5 atom stereocenters. The number of Topliss-reactive ketones (excluding diaryl/α,β-unsaturated/α-hetero) is 1. The number of esters is 1. The number of aliphatic carboxylic acids is 1. The van der Waals surface area contributed by atoms with E-state index >= 15 is 0 Å². The Labute approximate surface area is 149 Å². The van der Waals surface area contributed by atoms with Crippen LogP contribution in [-0.2, 0) is 19.1 Å². The Bertz CT molecular complexity index is 644. The summed E-state index contributed by atoms with van der Waals surface area (Å²) < 4.78 is 5.70. The number of hydrogen-bond acceptors (Lipinski definition) is 4. The van der Waals surface area contributed by atoms with Crippen LogP contribution >= 0.6 is 0 Å². The number of rotatable bonds is 4. The summed E-state index contributed by atoms with van der Waals surface area (Å²) in [7, 11) is 0. The fourth-order valence-corrected chi connectivity index (χ4v) is 4.04. The van der Waals surface area contributed by atoms with Crippen LogP contribution in [0.15, 0.2) is 23.3 Å². The second kappa shape index (κ2) is 7.14.